The molecule has 102 valence electrons. The molecule has 1 rings (SSSR count). The van der Waals surface area contributed by atoms with E-state index in [1.165, 1.54) is 0 Å². The second-order valence-corrected chi connectivity index (χ2v) is 5.25. The van der Waals surface area contributed by atoms with Gasteiger partial charge >= 0.3 is 0 Å². The van der Waals surface area contributed by atoms with Crippen molar-refractivity contribution in [2.24, 2.45) is 0 Å². The van der Waals surface area contributed by atoms with E-state index in [9.17, 15) is 0 Å². The highest BCUT2D eigenvalue weighted by Crippen LogP contribution is 2.14. The van der Waals surface area contributed by atoms with Gasteiger partial charge in [0.05, 0.1) is 0 Å². The van der Waals surface area contributed by atoms with Crippen molar-refractivity contribution in [3.05, 3.63) is 11.9 Å². The fraction of sp³-hybridized carbons (Fsp3) is 0.692. The van der Waals surface area contributed by atoms with Crippen molar-refractivity contribution < 1.29 is 0 Å². The largest absolute Gasteiger partial charge is 0.370 e. The molecule has 0 saturated carbocycles. The van der Waals surface area contributed by atoms with Crippen molar-refractivity contribution in [2.75, 3.05) is 29.2 Å². The summed E-state index contributed by atoms with van der Waals surface area (Å²) in [7, 11) is 0. The first-order chi connectivity index (χ1) is 8.69. The molecule has 0 spiro atoms. The van der Waals surface area contributed by atoms with Crippen LogP contribution in [0.3, 0.4) is 0 Å². The Kier molecular flexibility index (Phi) is 6.86. The molecule has 18 heavy (non-hydrogen) atoms. The number of thioether (sulfide) groups is 1. The number of hydrogen-bond acceptors (Lipinski definition) is 5. The van der Waals surface area contributed by atoms with Crippen molar-refractivity contribution in [1.29, 1.82) is 0 Å². The van der Waals surface area contributed by atoms with Crippen LogP contribution in [0, 0.1) is 0 Å². The van der Waals surface area contributed by atoms with Crippen molar-refractivity contribution in [1.82, 2.24) is 9.97 Å². The van der Waals surface area contributed by atoms with E-state index >= 15 is 0 Å². The molecule has 0 radical (unpaired) electrons. The first-order valence-corrected chi connectivity index (χ1v) is 7.96. The molecule has 1 aromatic heterocycles. The van der Waals surface area contributed by atoms with E-state index in [1.807, 2.05) is 17.8 Å². The van der Waals surface area contributed by atoms with Crippen LogP contribution in [0.15, 0.2) is 6.07 Å². The minimum absolute atomic E-state index is 0.415. The molecule has 0 aromatic carbocycles. The van der Waals surface area contributed by atoms with Gasteiger partial charge in [0.25, 0.3) is 0 Å². The van der Waals surface area contributed by atoms with Gasteiger partial charge in [0.2, 0.25) is 0 Å². The smallest absolute Gasteiger partial charge is 0.132 e. The third-order valence-electron chi connectivity index (χ3n) is 2.46. The molecular formula is C13H24N4S. The molecule has 0 bridgehead atoms. The second kappa shape index (κ2) is 8.19. The normalized spacial score (nSPS) is 12.2. The topological polar surface area (TPSA) is 49.8 Å². The summed E-state index contributed by atoms with van der Waals surface area (Å²) >= 11 is 1.84. The zero-order valence-corrected chi connectivity index (χ0v) is 12.6. The fourth-order valence-electron chi connectivity index (χ4n) is 1.62. The Labute approximate surface area is 114 Å². The number of aromatic nitrogens is 2. The summed E-state index contributed by atoms with van der Waals surface area (Å²) in [6.07, 6.45) is 4.06. The number of nitrogens with one attached hydrogen (secondary N) is 2. The first-order valence-electron chi connectivity index (χ1n) is 6.56. The molecule has 2 N–H and O–H groups in total. The van der Waals surface area contributed by atoms with Crippen molar-refractivity contribution in [2.45, 2.75) is 39.7 Å². The molecule has 5 heteroatoms. The molecule has 0 fully saturated rings. The summed E-state index contributed by atoms with van der Waals surface area (Å²) in [4.78, 5) is 8.99. The van der Waals surface area contributed by atoms with Crippen LogP contribution in [0.4, 0.5) is 11.6 Å². The highest BCUT2D eigenvalue weighted by molar-refractivity contribution is 7.98. The Bertz CT molecular complexity index is 357. The van der Waals surface area contributed by atoms with E-state index in [1.54, 1.807) is 0 Å². The molecule has 1 heterocycles. The minimum Gasteiger partial charge on any atom is -0.370 e. The average molecular weight is 268 g/mol. The number of hydrogen-bond donors (Lipinski definition) is 2. The van der Waals surface area contributed by atoms with Crippen molar-refractivity contribution in [3.8, 4) is 0 Å². The fourth-order valence-corrected chi connectivity index (χ4v) is 2.20. The summed E-state index contributed by atoms with van der Waals surface area (Å²) in [5, 5.41) is 6.74. The lowest BCUT2D eigenvalue weighted by molar-refractivity contribution is 0.874. The predicted molar refractivity (Wildman–Crippen MR) is 81.7 cm³/mol. The van der Waals surface area contributed by atoms with Crippen LogP contribution in [0.25, 0.3) is 0 Å². The van der Waals surface area contributed by atoms with Crippen molar-refractivity contribution >= 4 is 23.4 Å². The van der Waals surface area contributed by atoms with Gasteiger partial charge in [-0.3, -0.25) is 0 Å². The van der Waals surface area contributed by atoms with E-state index in [4.69, 9.17) is 0 Å². The second-order valence-electron chi connectivity index (χ2n) is 4.34. The van der Waals surface area contributed by atoms with Gasteiger partial charge < -0.3 is 10.6 Å². The van der Waals surface area contributed by atoms with Gasteiger partial charge in [0.1, 0.15) is 17.5 Å². The number of aryl methyl sites for hydroxylation is 1. The third-order valence-corrected chi connectivity index (χ3v) is 3.29. The lowest BCUT2D eigenvalue weighted by atomic mass is 10.3. The highest BCUT2D eigenvalue weighted by Gasteiger charge is 2.06. The number of anilines is 2. The number of nitrogens with zero attached hydrogens (tertiary/aromatic N) is 2. The van der Waals surface area contributed by atoms with Crippen LogP contribution in [0.5, 0.6) is 0 Å². The third kappa shape index (κ3) is 5.12. The predicted octanol–water partition coefficient (Wildman–Crippen LogP) is 3.02. The maximum absolute atomic E-state index is 4.51. The van der Waals surface area contributed by atoms with E-state index < -0.39 is 0 Å². The number of rotatable bonds is 8. The highest BCUT2D eigenvalue weighted by atomic mass is 32.2. The van der Waals surface area contributed by atoms with Crippen LogP contribution in [-0.4, -0.2) is 34.6 Å². The summed E-state index contributed by atoms with van der Waals surface area (Å²) < 4.78 is 0. The standard InChI is InChI=1S/C13H24N4S/c1-5-7-14-12-8-13(15-10(3)9-18-4)17-11(6-2)16-12/h8,10H,5-7,9H2,1-4H3,(H2,14,15,16,17). The van der Waals surface area contributed by atoms with Crippen LogP contribution in [-0.2, 0) is 6.42 Å². The van der Waals surface area contributed by atoms with E-state index in [0.29, 0.717) is 6.04 Å². The van der Waals surface area contributed by atoms with Gasteiger partial charge in [0, 0.05) is 30.8 Å². The summed E-state index contributed by atoms with van der Waals surface area (Å²) in [6.45, 7) is 7.34. The van der Waals surface area contributed by atoms with E-state index in [-0.39, 0.29) is 0 Å². The van der Waals surface area contributed by atoms with Gasteiger partial charge in [-0.25, -0.2) is 9.97 Å². The molecule has 1 unspecified atom stereocenters. The maximum Gasteiger partial charge on any atom is 0.132 e. The summed E-state index contributed by atoms with van der Waals surface area (Å²) in [6, 6.07) is 2.41. The lowest BCUT2D eigenvalue weighted by Gasteiger charge is -2.15. The SMILES string of the molecule is CCCNc1cc(NC(C)CSC)nc(CC)n1. The van der Waals surface area contributed by atoms with Gasteiger partial charge in [-0.15, -0.1) is 0 Å². The van der Waals surface area contributed by atoms with Crippen LogP contribution >= 0.6 is 11.8 Å². The van der Waals surface area contributed by atoms with Gasteiger partial charge in [-0.2, -0.15) is 11.8 Å². The Balaban J connectivity index is 2.76. The van der Waals surface area contributed by atoms with Gasteiger partial charge in [-0.1, -0.05) is 13.8 Å². The molecule has 0 saturated heterocycles. The van der Waals surface area contributed by atoms with E-state index in [0.717, 1.165) is 42.6 Å². The monoisotopic (exact) mass is 268 g/mol. The minimum atomic E-state index is 0.415. The Morgan fingerprint density at radius 2 is 2.00 bits per heavy atom. The molecular weight excluding hydrogens is 244 g/mol. The lowest BCUT2D eigenvalue weighted by Crippen LogP contribution is -2.19. The molecule has 0 amide bonds. The quantitative estimate of drug-likeness (QED) is 0.759. The Hall–Kier alpha value is -0.970. The van der Waals surface area contributed by atoms with Gasteiger partial charge in [-0.05, 0) is 19.6 Å². The molecule has 0 aliphatic rings. The Morgan fingerprint density at radius 1 is 1.28 bits per heavy atom. The molecule has 0 aliphatic carbocycles. The maximum atomic E-state index is 4.51. The Morgan fingerprint density at radius 3 is 2.61 bits per heavy atom. The van der Waals surface area contributed by atoms with E-state index in [2.05, 4.69) is 47.6 Å². The van der Waals surface area contributed by atoms with Crippen molar-refractivity contribution in [3.63, 3.8) is 0 Å². The average Bonchev–Trinajstić information content (AvgIpc) is 2.36. The zero-order valence-electron chi connectivity index (χ0n) is 11.8. The summed E-state index contributed by atoms with van der Waals surface area (Å²) in [5.41, 5.74) is 0. The van der Waals surface area contributed by atoms with Gasteiger partial charge in [0.15, 0.2) is 0 Å². The molecule has 1 atom stereocenters. The first kappa shape index (κ1) is 15.1. The zero-order chi connectivity index (χ0) is 13.4. The molecule has 4 nitrogen and oxygen atoms in total. The van der Waals surface area contributed by atoms with Crippen LogP contribution < -0.4 is 10.6 Å². The molecule has 0 aliphatic heterocycles. The van der Waals surface area contributed by atoms with Crippen LogP contribution in [0.1, 0.15) is 33.0 Å². The summed E-state index contributed by atoms with van der Waals surface area (Å²) in [5.74, 6) is 3.79. The molecule has 1 aromatic rings. The van der Waals surface area contributed by atoms with Crippen LogP contribution in [0.2, 0.25) is 0 Å².